The third kappa shape index (κ3) is 3.51. The average Bonchev–Trinajstić information content (AvgIpc) is 3.09. The smallest absolute Gasteiger partial charge is 0.240 e. The van der Waals surface area contributed by atoms with E-state index in [4.69, 9.17) is 10.5 Å². The molecule has 0 aliphatic carbocycles. The Morgan fingerprint density at radius 2 is 2.00 bits per heavy atom. The lowest BCUT2D eigenvalue weighted by Crippen LogP contribution is -2.48. The van der Waals surface area contributed by atoms with Crippen LogP contribution in [-0.2, 0) is 20.7 Å². The fraction of sp³-hybridized carbons (Fsp3) is 0.333. The summed E-state index contributed by atoms with van der Waals surface area (Å²) in [4.78, 5) is 24.0. The normalized spacial score (nSPS) is 18.7. The van der Waals surface area contributed by atoms with Gasteiger partial charge in [0, 0.05) is 13.0 Å². The van der Waals surface area contributed by atoms with Crippen molar-refractivity contribution in [2.75, 3.05) is 13.2 Å². The number of amides is 2. The van der Waals surface area contributed by atoms with E-state index in [1.165, 1.54) is 0 Å². The Bertz CT molecular complexity index is 718. The Morgan fingerprint density at radius 1 is 1.22 bits per heavy atom. The molecule has 2 amide bonds. The standard InChI is InChI=1S/C18H20N2O3/c19-17(21)16(20-18(22)14-8-9-23-11-14)10-13-6-3-5-12-4-1-2-7-15(12)13/h1-7,14,16H,8-11H2,(H2,19,21)(H,20,22)/t14-,16-/m0/s1. The van der Waals surface area contributed by atoms with Crippen LogP contribution in [0, 0.1) is 5.92 Å². The number of benzene rings is 2. The second kappa shape index (κ2) is 6.79. The number of carbonyl (C=O) groups is 2. The van der Waals surface area contributed by atoms with Crippen LogP contribution >= 0.6 is 0 Å². The molecule has 23 heavy (non-hydrogen) atoms. The highest BCUT2D eigenvalue weighted by Gasteiger charge is 2.27. The molecule has 1 fully saturated rings. The van der Waals surface area contributed by atoms with Crippen LogP contribution in [0.1, 0.15) is 12.0 Å². The van der Waals surface area contributed by atoms with E-state index in [1.54, 1.807) is 0 Å². The lowest BCUT2D eigenvalue weighted by molar-refractivity contribution is -0.129. The van der Waals surface area contributed by atoms with Crippen molar-refractivity contribution in [1.29, 1.82) is 0 Å². The molecular formula is C18H20N2O3. The van der Waals surface area contributed by atoms with Crippen molar-refractivity contribution in [3.05, 3.63) is 48.0 Å². The monoisotopic (exact) mass is 312 g/mol. The van der Waals surface area contributed by atoms with Crippen molar-refractivity contribution in [3.8, 4) is 0 Å². The molecule has 1 saturated heterocycles. The van der Waals surface area contributed by atoms with Crippen LogP contribution < -0.4 is 11.1 Å². The van der Waals surface area contributed by atoms with Crippen molar-refractivity contribution in [2.24, 2.45) is 11.7 Å². The van der Waals surface area contributed by atoms with E-state index < -0.39 is 11.9 Å². The first-order valence-corrected chi connectivity index (χ1v) is 7.79. The minimum absolute atomic E-state index is 0.161. The Balaban J connectivity index is 1.78. The van der Waals surface area contributed by atoms with Gasteiger partial charge in [0.1, 0.15) is 6.04 Å². The van der Waals surface area contributed by atoms with E-state index in [0.717, 1.165) is 16.3 Å². The van der Waals surface area contributed by atoms with Gasteiger partial charge in [0.15, 0.2) is 0 Å². The molecule has 0 unspecified atom stereocenters. The largest absolute Gasteiger partial charge is 0.381 e. The van der Waals surface area contributed by atoms with Crippen LogP contribution in [0.15, 0.2) is 42.5 Å². The lowest BCUT2D eigenvalue weighted by atomic mass is 9.98. The van der Waals surface area contributed by atoms with E-state index in [9.17, 15) is 9.59 Å². The molecule has 3 rings (SSSR count). The summed E-state index contributed by atoms with van der Waals surface area (Å²) in [6.07, 6.45) is 1.07. The van der Waals surface area contributed by atoms with Gasteiger partial charge in [-0.15, -0.1) is 0 Å². The zero-order valence-corrected chi connectivity index (χ0v) is 12.8. The topological polar surface area (TPSA) is 81.4 Å². The number of carbonyl (C=O) groups excluding carboxylic acids is 2. The molecule has 1 aliphatic heterocycles. The molecule has 0 bridgehead atoms. The summed E-state index contributed by atoms with van der Waals surface area (Å²) >= 11 is 0. The Kier molecular flexibility index (Phi) is 4.57. The Morgan fingerprint density at radius 3 is 2.74 bits per heavy atom. The molecule has 120 valence electrons. The summed E-state index contributed by atoms with van der Waals surface area (Å²) in [7, 11) is 0. The van der Waals surface area contributed by atoms with Crippen molar-refractivity contribution in [1.82, 2.24) is 5.32 Å². The molecular weight excluding hydrogens is 292 g/mol. The van der Waals surface area contributed by atoms with Crippen LogP contribution in [0.2, 0.25) is 0 Å². The van der Waals surface area contributed by atoms with Crippen LogP contribution in [-0.4, -0.2) is 31.1 Å². The molecule has 2 atom stereocenters. The van der Waals surface area contributed by atoms with E-state index in [1.807, 2.05) is 42.5 Å². The number of nitrogens with two attached hydrogens (primary N) is 1. The third-order valence-corrected chi connectivity index (χ3v) is 4.26. The number of fused-ring (bicyclic) bond motifs is 1. The van der Waals surface area contributed by atoms with Crippen LogP contribution in [0.5, 0.6) is 0 Å². The highest BCUT2D eigenvalue weighted by molar-refractivity contribution is 5.90. The fourth-order valence-corrected chi connectivity index (χ4v) is 2.94. The summed E-state index contributed by atoms with van der Waals surface area (Å²) in [6, 6.07) is 13.2. The molecule has 5 nitrogen and oxygen atoms in total. The Labute approximate surface area is 134 Å². The zero-order valence-electron chi connectivity index (χ0n) is 12.8. The van der Waals surface area contributed by atoms with E-state index in [0.29, 0.717) is 26.1 Å². The highest BCUT2D eigenvalue weighted by atomic mass is 16.5. The fourth-order valence-electron chi connectivity index (χ4n) is 2.94. The minimum atomic E-state index is -0.714. The molecule has 0 saturated carbocycles. The first-order valence-electron chi connectivity index (χ1n) is 7.79. The molecule has 0 spiro atoms. The van der Waals surface area contributed by atoms with Crippen LogP contribution in [0.25, 0.3) is 10.8 Å². The number of rotatable bonds is 5. The van der Waals surface area contributed by atoms with Gasteiger partial charge < -0.3 is 15.8 Å². The van der Waals surface area contributed by atoms with Crippen molar-refractivity contribution >= 4 is 22.6 Å². The second-order valence-electron chi connectivity index (χ2n) is 5.87. The van der Waals surface area contributed by atoms with Gasteiger partial charge in [-0.2, -0.15) is 0 Å². The summed E-state index contributed by atoms with van der Waals surface area (Å²) in [5.41, 5.74) is 6.49. The van der Waals surface area contributed by atoms with Gasteiger partial charge in [-0.25, -0.2) is 0 Å². The molecule has 3 N–H and O–H groups in total. The number of nitrogens with one attached hydrogen (secondary N) is 1. The molecule has 1 heterocycles. The number of primary amides is 1. The predicted molar refractivity (Wildman–Crippen MR) is 87.7 cm³/mol. The predicted octanol–water partition coefficient (Wildman–Crippen LogP) is 1.39. The summed E-state index contributed by atoms with van der Waals surface area (Å²) < 4.78 is 5.22. The van der Waals surface area contributed by atoms with Gasteiger partial charge in [-0.05, 0) is 22.8 Å². The van der Waals surface area contributed by atoms with E-state index in [-0.39, 0.29) is 11.8 Å². The van der Waals surface area contributed by atoms with Gasteiger partial charge in [0.2, 0.25) is 11.8 Å². The summed E-state index contributed by atoms with van der Waals surface area (Å²) in [5, 5.41) is 4.95. The maximum absolute atomic E-state index is 12.2. The first kappa shape index (κ1) is 15.5. The maximum Gasteiger partial charge on any atom is 0.240 e. The highest BCUT2D eigenvalue weighted by Crippen LogP contribution is 2.20. The second-order valence-corrected chi connectivity index (χ2v) is 5.87. The van der Waals surface area contributed by atoms with Crippen molar-refractivity contribution in [2.45, 2.75) is 18.9 Å². The van der Waals surface area contributed by atoms with Gasteiger partial charge in [0.25, 0.3) is 0 Å². The van der Waals surface area contributed by atoms with E-state index in [2.05, 4.69) is 5.32 Å². The molecule has 1 aliphatic rings. The number of hydrogen-bond acceptors (Lipinski definition) is 3. The van der Waals surface area contributed by atoms with E-state index >= 15 is 0 Å². The first-order chi connectivity index (χ1) is 11.1. The van der Waals surface area contributed by atoms with Gasteiger partial charge in [0.05, 0.1) is 12.5 Å². The van der Waals surface area contributed by atoms with Gasteiger partial charge in [-0.1, -0.05) is 42.5 Å². The van der Waals surface area contributed by atoms with Crippen LogP contribution in [0.4, 0.5) is 0 Å². The SMILES string of the molecule is NC(=O)[C@H](Cc1cccc2ccccc12)NC(=O)[C@H]1CCOC1. The summed E-state index contributed by atoms with van der Waals surface area (Å²) in [5.74, 6) is -0.874. The molecule has 0 radical (unpaired) electrons. The number of ether oxygens (including phenoxy) is 1. The third-order valence-electron chi connectivity index (χ3n) is 4.26. The molecule has 2 aromatic carbocycles. The van der Waals surface area contributed by atoms with Gasteiger partial charge >= 0.3 is 0 Å². The van der Waals surface area contributed by atoms with Crippen molar-refractivity contribution < 1.29 is 14.3 Å². The zero-order chi connectivity index (χ0) is 16.2. The quantitative estimate of drug-likeness (QED) is 0.875. The van der Waals surface area contributed by atoms with Crippen molar-refractivity contribution in [3.63, 3.8) is 0 Å². The van der Waals surface area contributed by atoms with Crippen LogP contribution in [0.3, 0.4) is 0 Å². The molecule has 5 heteroatoms. The lowest BCUT2D eigenvalue weighted by Gasteiger charge is -2.18. The maximum atomic E-state index is 12.2. The molecule has 0 aromatic heterocycles. The summed E-state index contributed by atoms with van der Waals surface area (Å²) in [6.45, 7) is 0.994. The molecule has 2 aromatic rings. The van der Waals surface area contributed by atoms with Gasteiger partial charge in [-0.3, -0.25) is 9.59 Å². The average molecular weight is 312 g/mol. The number of hydrogen-bond donors (Lipinski definition) is 2. The Hall–Kier alpha value is -2.40. The minimum Gasteiger partial charge on any atom is -0.381 e.